The van der Waals surface area contributed by atoms with Gasteiger partial charge in [-0.05, 0) is 6.42 Å². The van der Waals surface area contributed by atoms with Crippen LogP contribution in [0, 0.1) is 0 Å². The SMILES string of the molecule is Cn1cc(OC2CCN(C(=O)N3CC4(CCC(=O)N4)C3)CC2)cn1. The summed E-state index contributed by atoms with van der Waals surface area (Å²) in [6.07, 6.45) is 6.79. The Balaban J connectivity index is 1.24. The second kappa shape index (κ2) is 5.68. The fourth-order valence-electron chi connectivity index (χ4n) is 3.85. The Morgan fingerprint density at radius 1 is 1.33 bits per heavy atom. The van der Waals surface area contributed by atoms with E-state index in [1.165, 1.54) is 0 Å². The molecular weight excluding hydrogens is 310 g/mol. The zero-order valence-electron chi connectivity index (χ0n) is 13.9. The minimum Gasteiger partial charge on any atom is -0.487 e. The molecule has 0 unspecified atom stereocenters. The summed E-state index contributed by atoms with van der Waals surface area (Å²) in [7, 11) is 1.86. The van der Waals surface area contributed by atoms with Gasteiger partial charge in [0.25, 0.3) is 0 Å². The molecule has 0 saturated carbocycles. The standard InChI is InChI=1S/C16H23N5O3/c1-19-9-13(8-17-19)24-12-3-6-20(7-4-12)15(23)21-10-16(11-21)5-2-14(22)18-16/h8-9,12H,2-7,10-11H2,1H3,(H,18,22). The first-order valence-electron chi connectivity index (χ1n) is 8.53. The fourth-order valence-corrected chi connectivity index (χ4v) is 3.85. The zero-order chi connectivity index (χ0) is 16.7. The summed E-state index contributed by atoms with van der Waals surface area (Å²) < 4.78 is 7.63. The number of urea groups is 1. The van der Waals surface area contributed by atoms with E-state index in [9.17, 15) is 9.59 Å². The molecule has 3 aliphatic heterocycles. The number of amides is 3. The van der Waals surface area contributed by atoms with Gasteiger partial charge in [-0.25, -0.2) is 4.79 Å². The molecule has 0 radical (unpaired) electrons. The molecule has 0 aromatic carbocycles. The second-order valence-electron chi connectivity index (χ2n) is 7.12. The molecule has 3 saturated heterocycles. The van der Waals surface area contributed by atoms with Crippen molar-refractivity contribution in [3.8, 4) is 5.75 Å². The Kier molecular flexibility index (Phi) is 3.62. The van der Waals surface area contributed by atoms with Crippen molar-refractivity contribution in [3.63, 3.8) is 0 Å². The van der Waals surface area contributed by atoms with E-state index >= 15 is 0 Å². The number of rotatable bonds is 2. The average Bonchev–Trinajstić information content (AvgIpc) is 3.12. The third kappa shape index (κ3) is 2.81. The lowest BCUT2D eigenvalue weighted by molar-refractivity contribution is -0.120. The molecule has 3 fully saturated rings. The van der Waals surface area contributed by atoms with Gasteiger partial charge in [-0.15, -0.1) is 0 Å². The Morgan fingerprint density at radius 2 is 2.08 bits per heavy atom. The third-order valence-electron chi connectivity index (χ3n) is 5.19. The van der Waals surface area contributed by atoms with Crippen LogP contribution in [0.5, 0.6) is 5.75 Å². The number of likely N-dealkylation sites (tertiary alicyclic amines) is 2. The van der Waals surface area contributed by atoms with E-state index in [0.717, 1.165) is 25.0 Å². The number of aryl methyl sites for hydroxylation is 1. The fraction of sp³-hybridized carbons (Fsp3) is 0.688. The summed E-state index contributed by atoms with van der Waals surface area (Å²) >= 11 is 0. The van der Waals surface area contributed by atoms with Crippen LogP contribution in [0.4, 0.5) is 4.79 Å². The summed E-state index contributed by atoms with van der Waals surface area (Å²) in [5, 5.41) is 7.11. The van der Waals surface area contributed by atoms with E-state index in [1.54, 1.807) is 10.9 Å². The molecule has 1 spiro atoms. The lowest BCUT2D eigenvalue weighted by Gasteiger charge is -2.49. The van der Waals surface area contributed by atoms with Crippen LogP contribution in [0.2, 0.25) is 0 Å². The van der Waals surface area contributed by atoms with Gasteiger partial charge in [-0.1, -0.05) is 0 Å². The highest BCUT2D eigenvalue weighted by atomic mass is 16.5. The molecule has 8 heteroatoms. The highest BCUT2D eigenvalue weighted by molar-refractivity contribution is 5.82. The molecule has 8 nitrogen and oxygen atoms in total. The van der Waals surface area contributed by atoms with Crippen molar-refractivity contribution < 1.29 is 14.3 Å². The van der Waals surface area contributed by atoms with Crippen molar-refractivity contribution >= 4 is 11.9 Å². The molecule has 3 aliphatic rings. The van der Waals surface area contributed by atoms with Gasteiger partial charge in [0, 0.05) is 52.5 Å². The van der Waals surface area contributed by atoms with E-state index in [2.05, 4.69) is 10.4 Å². The zero-order valence-corrected chi connectivity index (χ0v) is 13.9. The van der Waals surface area contributed by atoms with E-state index in [-0.39, 0.29) is 23.6 Å². The predicted octanol–water partition coefficient (Wildman–Crippen LogP) is 0.348. The van der Waals surface area contributed by atoms with Crippen LogP contribution in [-0.4, -0.2) is 69.3 Å². The van der Waals surface area contributed by atoms with Gasteiger partial charge in [0.1, 0.15) is 6.10 Å². The van der Waals surface area contributed by atoms with Gasteiger partial charge >= 0.3 is 6.03 Å². The molecular formula is C16H23N5O3. The number of hydrogen-bond acceptors (Lipinski definition) is 4. The lowest BCUT2D eigenvalue weighted by Crippen LogP contribution is -2.70. The molecule has 4 rings (SSSR count). The van der Waals surface area contributed by atoms with Gasteiger partial charge < -0.3 is 19.9 Å². The Morgan fingerprint density at radius 3 is 2.67 bits per heavy atom. The molecule has 0 bridgehead atoms. The summed E-state index contributed by atoms with van der Waals surface area (Å²) in [6, 6.07) is 0.0848. The molecule has 130 valence electrons. The van der Waals surface area contributed by atoms with Crippen LogP contribution in [-0.2, 0) is 11.8 Å². The van der Waals surface area contributed by atoms with Crippen LogP contribution in [0.3, 0.4) is 0 Å². The van der Waals surface area contributed by atoms with Gasteiger partial charge in [-0.2, -0.15) is 5.10 Å². The monoisotopic (exact) mass is 333 g/mol. The highest BCUT2D eigenvalue weighted by Gasteiger charge is 2.50. The van der Waals surface area contributed by atoms with E-state index < -0.39 is 0 Å². The third-order valence-corrected chi connectivity index (χ3v) is 5.19. The van der Waals surface area contributed by atoms with Gasteiger partial charge in [0.05, 0.1) is 17.9 Å². The van der Waals surface area contributed by atoms with Crippen molar-refractivity contribution in [1.29, 1.82) is 0 Å². The number of carbonyl (C=O) groups is 2. The summed E-state index contributed by atoms with van der Waals surface area (Å²) in [5.74, 6) is 0.888. The van der Waals surface area contributed by atoms with Crippen molar-refractivity contribution in [2.24, 2.45) is 7.05 Å². The summed E-state index contributed by atoms with van der Waals surface area (Å²) in [6.45, 7) is 2.70. The van der Waals surface area contributed by atoms with Crippen LogP contribution in [0.15, 0.2) is 12.4 Å². The number of ether oxygens (including phenoxy) is 1. The number of carbonyl (C=O) groups excluding carboxylic acids is 2. The first-order valence-corrected chi connectivity index (χ1v) is 8.53. The maximum atomic E-state index is 12.6. The first kappa shape index (κ1) is 15.3. The average molecular weight is 333 g/mol. The van der Waals surface area contributed by atoms with Crippen LogP contribution in [0.25, 0.3) is 0 Å². The Labute approximate surface area is 140 Å². The number of hydrogen-bond donors (Lipinski definition) is 1. The quantitative estimate of drug-likeness (QED) is 0.847. The summed E-state index contributed by atoms with van der Waals surface area (Å²) in [5.41, 5.74) is -0.144. The van der Waals surface area contributed by atoms with Crippen molar-refractivity contribution in [2.45, 2.75) is 37.3 Å². The number of piperidine rings is 1. The summed E-state index contributed by atoms with van der Waals surface area (Å²) in [4.78, 5) is 27.7. The van der Waals surface area contributed by atoms with Crippen LogP contribution >= 0.6 is 0 Å². The molecule has 0 aliphatic carbocycles. The number of nitrogens with one attached hydrogen (secondary N) is 1. The number of aromatic nitrogens is 2. The molecule has 1 N–H and O–H groups in total. The van der Waals surface area contributed by atoms with E-state index in [0.29, 0.717) is 32.6 Å². The molecule has 4 heterocycles. The minimum atomic E-state index is -0.144. The van der Waals surface area contributed by atoms with Gasteiger partial charge in [-0.3, -0.25) is 9.48 Å². The van der Waals surface area contributed by atoms with Gasteiger partial charge in [0.2, 0.25) is 5.91 Å². The lowest BCUT2D eigenvalue weighted by atomic mass is 9.88. The minimum absolute atomic E-state index is 0.0848. The van der Waals surface area contributed by atoms with Crippen molar-refractivity contribution in [1.82, 2.24) is 24.9 Å². The predicted molar refractivity (Wildman–Crippen MR) is 85.5 cm³/mol. The van der Waals surface area contributed by atoms with E-state index in [4.69, 9.17) is 4.74 Å². The molecule has 0 atom stereocenters. The van der Waals surface area contributed by atoms with Crippen LogP contribution < -0.4 is 10.1 Å². The smallest absolute Gasteiger partial charge is 0.320 e. The molecule has 1 aromatic heterocycles. The number of nitrogens with zero attached hydrogens (tertiary/aromatic N) is 4. The second-order valence-corrected chi connectivity index (χ2v) is 7.12. The highest BCUT2D eigenvalue weighted by Crippen LogP contribution is 2.31. The first-order chi connectivity index (χ1) is 11.5. The molecule has 24 heavy (non-hydrogen) atoms. The Bertz CT molecular complexity index is 644. The van der Waals surface area contributed by atoms with Crippen molar-refractivity contribution in [3.05, 3.63) is 12.4 Å². The topological polar surface area (TPSA) is 79.7 Å². The Hall–Kier alpha value is -2.25. The molecule has 1 aromatic rings. The van der Waals surface area contributed by atoms with Crippen LogP contribution in [0.1, 0.15) is 25.7 Å². The van der Waals surface area contributed by atoms with E-state index in [1.807, 2.05) is 23.0 Å². The molecule has 3 amide bonds. The van der Waals surface area contributed by atoms with Gasteiger partial charge in [0.15, 0.2) is 5.75 Å². The largest absolute Gasteiger partial charge is 0.487 e. The normalized spacial score (nSPS) is 23.3. The van der Waals surface area contributed by atoms with Crippen molar-refractivity contribution in [2.75, 3.05) is 26.2 Å². The maximum Gasteiger partial charge on any atom is 0.320 e. The maximum absolute atomic E-state index is 12.6.